The first-order valence-corrected chi connectivity index (χ1v) is 9.31. The lowest BCUT2D eigenvalue weighted by Crippen LogP contribution is -2.48. The van der Waals surface area contributed by atoms with Gasteiger partial charge in [-0.05, 0) is 44.2 Å². The number of rotatable bonds is 6. The molecule has 27 heavy (non-hydrogen) atoms. The van der Waals surface area contributed by atoms with Crippen LogP contribution in [0.3, 0.4) is 0 Å². The number of ether oxygens (including phenoxy) is 2. The van der Waals surface area contributed by atoms with Crippen molar-refractivity contribution < 1.29 is 23.9 Å². The van der Waals surface area contributed by atoms with Gasteiger partial charge in [0.15, 0.2) is 13.2 Å². The summed E-state index contributed by atoms with van der Waals surface area (Å²) in [6.07, 6.45) is 4.21. The van der Waals surface area contributed by atoms with Crippen LogP contribution in [0.25, 0.3) is 0 Å². The lowest BCUT2D eigenvalue weighted by atomic mass is 9.86. The standard InChI is InChI=1S/C20H28N2O5/c1-13-8-9-17(15(3)10-13)26-12-19(24)27-11-18(23)22-20(25)21-16-7-5-4-6-14(16)2/h8-10,14,16H,4-7,11-12H2,1-3H3,(H2,21,22,23,25)/t14-,16+/m0/s1. The number of esters is 1. The highest BCUT2D eigenvalue weighted by atomic mass is 16.6. The molecule has 1 aromatic rings. The second-order valence-corrected chi connectivity index (χ2v) is 7.11. The van der Waals surface area contributed by atoms with Gasteiger partial charge in [0, 0.05) is 6.04 Å². The summed E-state index contributed by atoms with van der Waals surface area (Å²) in [7, 11) is 0. The van der Waals surface area contributed by atoms with Crippen molar-refractivity contribution in [1.82, 2.24) is 10.6 Å². The Hall–Kier alpha value is -2.57. The van der Waals surface area contributed by atoms with Gasteiger partial charge in [-0.25, -0.2) is 9.59 Å². The molecule has 0 saturated heterocycles. The number of hydrogen-bond acceptors (Lipinski definition) is 5. The molecule has 1 aliphatic rings. The first kappa shape index (κ1) is 20.7. The lowest BCUT2D eigenvalue weighted by molar-refractivity contribution is -0.150. The maximum absolute atomic E-state index is 11.9. The number of hydrogen-bond donors (Lipinski definition) is 2. The Bertz CT molecular complexity index is 689. The average Bonchev–Trinajstić information content (AvgIpc) is 2.61. The summed E-state index contributed by atoms with van der Waals surface area (Å²) in [6, 6.07) is 5.12. The molecule has 148 valence electrons. The molecule has 1 saturated carbocycles. The normalized spacial score (nSPS) is 19.1. The van der Waals surface area contributed by atoms with Crippen LogP contribution in [-0.4, -0.2) is 37.2 Å². The van der Waals surface area contributed by atoms with Crippen LogP contribution in [0.15, 0.2) is 18.2 Å². The molecular formula is C20H28N2O5. The SMILES string of the molecule is Cc1ccc(OCC(=O)OCC(=O)NC(=O)N[C@@H]2CCCC[C@@H]2C)c(C)c1. The third-order valence-electron chi connectivity index (χ3n) is 4.72. The van der Waals surface area contributed by atoms with Gasteiger partial charge in [0.25, 0.3) is 5.91 Å². The zero-order valence-corrected chi connectivity index (χ0v) is 16.2. The van der Waals surface area contributed by atoms with E-state index in [1.54, 1.807) is 6.07 Å². The highest BCUT2D eigenvalue weighted by Gasteiger charge is 2.23. The molecule has 2 rings (SSSR count). The molecule has 2 N–H and O–H groups in total. The molecule has 0 heterocycles. The molecule has 1 aromatic carbocycles. The molecule has 7 nitrogen and oxygen atoms in total. The van der Waals surface area contributed by atoms with Gasteiger partial charge in [-0.1, -0.05) is 37.5 Å². The highest BCUT2D eigenvalue weighted by molar-refractivity contribution is 5.95. The van der Waals surface area contributed by atoms with E-state index in [4.69, 9.17) is 9.47 Å². The third-order valence-corrected chi connectivity index (χ3v) is 4.72. The number of imide groups is 1. The second-order valence-electron chi connectivity index (χ2n) is 7.11. The van der Waals surface area contributed by atoms with Crippen molar-refractivity contribution in [2.75, 3.05) is 13.2 Å². The molecule has 0 spiro atoms. The predicted molar refractivity (Wildman–Crippen MR) is 100 cm³/mol. The zero-order valence-electron chi connectivity index (χ0n) is 16.2. The average molecular weight is 376 g/mol. The summed E-state index contributed by atoms with van der Waals surface area (Å²) in [5, 5.41) is 4.99. The van der Waals surface area contributed by atoms with Crippen LogP contribution in [0.5, 0.6) is 5.75 Å². The maximum atomic E-state index is 11.9. The van der Waals surface area contributed by atoms with Gasteiger partial charge in [0.05, 0.1) is 0 Å². The molecule has 0 aromatic heterocycles. The van der Waals surface area contributed by atoms with E-state index in [0.717, 1.165) is 30.4 Å². The number of amides is 3. The van der Waals surface area contributed by atoms with Gasteiger partial charge in [0.2, 0.25) is 0 Å². The van der Waals surface area contributed by atoms with Gasteiger partial charge in [-0.3, -0.25) is 10.1 Å². The Balaban J connectivity index is 1.66. The number of carbonyl (C=O) groups is 3. The van der Waals surface area contributed by atoms with Gasteiger partial charge < -0.3 is 14.8 Å². The predicted octanol–water partition coefficient (Wildman–Crippen LogP) is 2.63. The topological polar surface area (TPSA) is 93.7 Å². The summed E-state index contributed by atoms with van der Waals surface area (Å²) in [4.78, 5) is 35.4. The van der Waals surface area contributed by atoms with Gasteiger partial charge in [0.1, 0.15) is 5.75 Å². The van der Waals surface area contributed by atoms with E-state index in [9.17, 15) is 14.4 Å². The Morgan fingerprint density at radius 1 is 1.11 bits per heavy atom. The van der Waals surface area contributed by atoms with Crippen LogP contribution < -0.4 is 15.4 Å². The van der Waals surface area contributed by atoms with Crippen molar-refractivity contribution in [3.8, 4) is 5.75 Å². The first-order chi connectivity index (χ1) is 12.8. The van der Waals surface area contributed by atoms with E-state index in [-0.39, 0.29) is 12.6 Å². The number of aryl methyl sites for hydroxylation is 2. The van der Waals surface area contributed by atoms with E-state index in [1.165, 1.54) is 6.42 Å². The minimum atomic E-state index is -0.675. The van der Waals surface area contributed by atoms with Crippen LogP contribution in [0.1, 0.15) is 43.7 Å². The van der Waals surface area contributed by atoms with Crippen LogP contribution >= 0.6 is 0 Å². The summed E-state index contributed by atoms with van der Waals surface area (Å²) >= 11 is 0. The first-order valence-electron chi connectivity index (χ1n) is 9.31. The van der Waals surface area contributed by atoms with Crippen molar-refractivity contribution in [3.63, 3.8) is 0 Å². The molecule has 0 bridgehead atoms. The smallest absolute Gasteiger partial charge is 0.344 e. The monoisotopic (exact) mass is 376 g/mol. The summed E-state index contributed by atoms with van der Waals surface area (Å²) < 4.78 is 10.2. The molecule has 1 aliphatic carbocycles. The fourth-order valence-electron chi connectivity index (χ4n) is 3.18. The van der Waals surface area contributed by atoms with E-state index >= 15 is 0 Å². The van der Waals surface area contributed by atoms with E-state index in [0.29, 0.717) is 11.7 Å². The number of benzene rings is 1. The molecule has 7 heteroatoms. The highest BCUT2D eigenvalue weighted by Crippen LogP contribution is 2.23. The van der Waals surface area contributed by atoms with Crippen molar-refractivity contribution >= 4 is 17.9 Å². The second kappa shape index (κ2) is 9.94. The largest absolute Gasteiger partial charge is 0.482 e. The van der Waals surface area contributed by atoms with Crippen molar-refractivity contribution in [3.05, 3.63) is 29.3 Å². The lowest BCUT2D eigenvalue weighted by Gasteiger charge is -2.29. The number of urea groups is 1. The number of nitrogens with one attached hydrogen (secondary N) is 2. The summed E-state index contributed by atoms with van der Waals surface area (Å²) in [5.74, 6) is -0.370. The molecule has 0 unspecified atom stereocenters. The Morgan fingerprint density at radius 2 is 1.85 bits per heavy atom. The molecule has 2 atom stereocenters. The van der Waals surface area contributed by atoms with E-state index in [1.807, 2.05) is 26.0 Å². The molecular weight excluding hydrogens is 348 g/mol. The zero-order chi connectivity index (χ0) is 19.8. The van der Waals surface area contributed by atoms with Gasteiger partial charge >= 0.3 is 12.0 Å². The fourth-order valence-corrected chi connectivity index (χ4v) is 3.18. The van der Waals surface area contributed by atoms with Gasteiger partial charge in [-0.15, -0.1) is 0 Å². The molecule has 1 fully saturated rings. The third kappa shape index (κ3) is 6.92. The molecule has 3 amide bonds. The fraction of sp³-hybridized carbons (Fsp3) is 0.550. The van der Waals surface area contributed by atoms with E-state index in [2.05, 4.69) is 17.6 Å². The maximum Gasteiger partial charge on any atom is 0.344 e. The van der Waals surface area contributed by atoms with Crippen LogP contribution in [-0.2, 0) is 14.3 Å². The molecule has 0 aliphatic heterocycles. The van der Waals surface area contributed by atoms with Crippen molar-refractivity contribution in [1.29, 1.82) is 0 Å². The Labute approximate surface area is 159 Å². The summed E-state index contributed by atoms with van der Waals surface area (Å²) in [6.45, 7) is 5.11. The Kier molecular flexibility index (Phi) is 7.64. The van der Waals surface area contributed by atoms with E-state index < -0.39 is 24.5 Å². The molecule has 0 radical (unpaired) electrons. The number of carbonyl (C=O) groups excluding carboxylic acids is 3. The van der Waals surface area contributed by atoms with Crippen LogP contribution in [0.2, 0.25) is 0 Å². The van der Waals surface area contributed by atoms with Crippen LogP contribution in [0.4, 0.5) is 4.79 Å². The summed E-state index contributed by atoms with van der Waals surface area (Å²) in [5.41, 5.74) is 2.01. The van der Waals surface area contributed by atoms with Gasteiger partial charge in [-0.2, -0.15) is 0 Å². The van der Waals surface area contributed by atoms with Crippen molar-refractivity contribution in [2.24, 2.45) is 5.92 Å². The minimum absolute atomic E-state index is 0.0697. The van der Waals surface area contributed by atoms with Crippen LogP contribution in [0, 0.1) is 19.8 Å². The minimum Gasteiger partial charge on any atom is -0.482 e. The quantitative estimate of drug-likeness (QED) is 0.745. The Morgan fingerprint density at radius 3 is 2.56 bits per heavy atom. The van der Waals surface area contributed by atoms with Crippen molar-refractivity contribution in [2.45, 2.75) is 52.5 Å².